The van der Waals surface area contributed by atoms with Gasteiger partial charge in [-0.1, -0.05) is 12.1 Å². The zero-order chi connectivity index (χ0) is 25.6. The minimum Gasteiger partial charge on any atom is -0.463 e. The van der Waals surface area contributed by atoms with Crippen molar-refractivity contribution in [2.75, 3.05) is 12.5 Å². The molecule has 0 aromatic heterocycles. The summed E-state index contributed by atoms with van der Waals surface area (Å²) in [5.74, 6) is -3.34. The predicted octanol–water partition coefficient (Wildman–Crippen LogP) is 2.21. The monoisotopic (exact) mass is 498 g/mol. The molecule has 5 atom stereocenters. The minimum atomic E-state index is -1.29. The van der Waals surface area contributed by atoms with Crippen LogP contribution in [0.15, 0.2) is 18.2 Å². The third-order valence-corrected chi connectivity index (χ3v) is 5.25. The quantitative estimate of drug-likeness (QED) is 0.227. The number of carbonyl (C=O) groups excluding carboxylic acids is 5. The molecule has 0 unspecified atom stereocenters. The van der Waals surface area contributed by atoms with Crippen molar-refractivity contribution >= 4 is 41.3 Å². The normalized spacial score (nSPS) is 24.0. The van der Waals surface area contributed by atoms with Gasteiger partial charge in [0.25, 0.3) is 0 Å². The van der Waals surface area contributed by atoms with Crippen molar-refractivity contribution in [3.63, 3.8) is 0 Å². The highest BCUT2D eigenvalue weighted by Crippen LogP contribution is 2.38. The van der Waals surface area contributed by atoms with E-state index in [1.165, 1.54) is 6.92 Å². The molecule has 0 bridgehead atoms. The number of hydrogen-bond acceptors (Lipinski definition) is 10. The molecule has 186 valence electrons. The van der Waals surface area contributed by atoms with Crippen LogP contribution >= 0.6 is 11.6 Å². The van der Waals surface area contributed by atoms with Crippen LogP contribution in [0.4, 0.5) is 0 Å². The maximum atomic E-state index is 12.3. The van der Waals surface area contributed by atoms with Crippen molar-refractivity contribution in [1.29, 1.82) is 0 Å². The van der Waals surface area contributed by atoms with Crippen LogP contribution in [0.2, 0.25) is 0 Å². The minimum absolute atomic E-state index is 0.247. The van der Waals surface area contributed by atoms with E-state index in [0.29, 0.717) is 16.7 Å². The van der Waals surface area contributed by atoms with Gasteiger partial charge in [0.05, 0.1) is 5.88 Å². The Labute approximate surface area is 201 Å². The Morgan fingerprint density at radius 3 is 1.94 bits per heavy atom. The van der Waals surface area contributed by atoms with Crippen LogP contribution < -0.4 is 0 Å². The standard InChI is InChI=1S/C23H27ClO10/c1-11-6-7-16(8-17(11)18(29)9-24)20-22(32-14(4)27)23(33-15(5)28)21(31-13(3)26)19(34-20)10-30-12(2)25/h6-8,19-23H,9-10H2,1-5H3/t19-,20+,21-,22+,23+/m1/s1. The summed E-state index contributed by atoms with van der Waals surface area (Å²) in [5, 5.41) is 0. The van der Waals surface area contributed by atoms with Crippen LogP contribution in [0.5, 0.6) is 0 Å². The van der Waals surface area contributed by atoms with Gasteiger partial charge in [-0.2, -0.15) is 0 Å². The zero-order valence-electron chi connectivity index (χ0n) is 19.5. The van der Waals surface area contributed by atoms with Gasteiger partial charge in [0.15, 0.2) is 24.1 Å². The van der Waals surface area contributed by atoms with Gasteiger partial charge >= 0.3 is 23.9 Å². The van der Waals surface area contributed by atoms with Gasteiger partial charge in [0.2, 0.25) is 0 Å². The third kappa shape index (κ3) is 7.01. The van der Waals surface area contributed by atoms with Crippen LogP contribution in [-0.4, -0.2) is 66.6 Å². The lowest BCUT2D eigenvalue weighted by Crippen LogP contribution is -2.59. The van der Waals surface area contributed by atoms with Gasteiger partial charge in [0, 0.05) is 33.3 Å². The Kier molecular flexibility index (Phi) is 9.57. The smallest absolute Gasteiger partial charge is 0.303 e. The number of ketones is 1. The fraction of sp³-hybridized carbons (Fsp3) is 0.522. The van der Waals surface area contributed by atoms with E-state index in [2.05, 4.69) is 0 Å². The first-order chi connectivity index (χ1) is 15.9. The van der Waals surface area contributed by atoms with Gasteiger partial charge in [-0.15, -0.1) is 11.6 Å². The largest absolute Gasteiger partial charge is 0.463 e. The Balaban J connectivity index is 2.63. The summed E-state index contributed by atoms with van der Waals surface area (Å²) in [4.78, 5) is 59.4. The molecule has 1 saturated heterocycles. The highest BCUT2D eigenvalue weighted by atomic mass is 35.5. The van der Waals surface area contributed by atoms with Crippen molar-refractivity contribution in [3.8, 4) is 0 Å². The molecule has 11 heteroatoms. The number of benzene rings is 1. The van der Waals surface area contributed by atoms with E-state index >= 15 is 0 Å². The summed E-state index contributed by atoms with van der Waals surface area (Å²) in [7, 11) is 0. The lowest BCUT2D eigenvalue weighted by molar-refractivity contribution is -0.254. The second-order valence-electron chi connectivity index (χ2n) is 7.75. The highest BCUT2D eigenvalue weighted by molar-refractivity contribution is 6.30. The SMILES string of the molecule is CC(=O)OC[C@H]1O[C@@H](c2ccc(C)c(C(=O)CCl)c2)[C@H](OC(C)=O)[C@@H](OC(C)=O)[C@@H]1OC(C)=O. The van der Waals surface area contributed by atoms with Crippen molar-refractivity contribution in [1.82, 2.24) is 0 Å². The summed E-state index contributed by atoms with van der Waals surface area (Å²) < 4.78 is 27.4. The van der Waals surface area contributed by atoms with Gasteiger partial charge in [-0.3, -0.25) is 24.0 Å². The van der Waals surface area contributed by atoms with E-state index in [1.54, 1.807) is 25.1 Å². The molecule has 0 amide bonds. The molecule has 1 aromatic carbocycles. The first-order valence-corrected chi connectivity index (χ1v) is 11.0. The molecule has 1 aromatic rings. The Bertz CT molecular complexity index is 959. The van der Waals surface area contributed by atoms with Crippen LogP contribution in [0.1, 0.15) is 55.3 Å². The first kappa shape index (κ1) is 27.3. The molecule has 1 aliphatic rings. The number of halogens is 1. The van der Waals surface area contributed by atoms with Crippen molar-refractivity contribution in [2.45, 2.75) is 65.1 Å². The summed E-state index contributed by atoms with van der Waals surface area (Å²) in [6.07, 6.45) is -5.94. The van der Waals surface area contributed by atoms with E-state index in [4.69, 9.17) is 35.3 Å². The number of ether oxygens (including phenoxy) is 5. The lowest BCUT2D eigenvalue weighted by atomic mass is 9.89. The fourth-order valence-corrected chi connectivity index (χ4v) is 3.83. The number of esters is 4. The Morgan fingerprint density at radius 1 is 0.853 bits per heavy atom. The summed E-state index contributed by atoms with van der Waals surface area (Å²) >= 11 is 5.73. The number of Topliss-reactive ketones (excluding diaryl/α,β-unsaturated/α-hetero) is 1. The molecule has 1 aliphatic heterocycles. The lowest BCUT2D eigenvalue weighted by Gasteiger charge is -2.44. The zero-order valence-corrected chi connectivity index (χ0v) is 20.2. The average Bonchev–Trinajstić information content (AvgIpc) is 2.74. The molecule has 2 rings (SSSR count). The summed E-state index contributed by atoms with van der Waals surface area (Å²) in [5.41, 5.74) is 1.41. The van der Waals surface area contributed by atoms with E-state index in [9.17, 15) is 24.0 Å². The average molecular weight is 499 g/mol. The number of hydrogen-bond donors (Lipinski definition) is 0. The predicted molar refractivity (Wildman–Crippen MR) is 117 cm³/mol. The Morgan fingerprint density at radius 2 is 1.41 bits per heavy atom. The van der Waals surface area contributed by atoms with E-state index < -0.39 is 54.4 Å². The molecular formula is C23H27ClO10. The fourth-order valence-electron chi connectivity index (χ4n) is 3.69. The first-order valence-electron chi connectivity index (χ1n) is 10.4. The molecular weight excluding hydrogens is 472 g/mol. The summed E-state index contributed by atoms with van der Waals surface area (Å²) in [6, 6.07) is 4.87. The molecule has 0 radical (unpaired) electrons. The molecule has 1 heterocycles. The molecule has 10 nitrogen and oxygen atoms in total. The Hall–Kier alpha value is -2.98. The van der Waals surface area contributed by atoms with Crippen LogP contribution in [0, 0.1) is 6.92 Å². The second-order valence-corrected chi connectivity index (χ2v) is 8.02. The van der Waals surface area contributed by atoms with E-state index in [1.807, 2.05) is 0 Å². The third-order valence-electron chi connectivity index (χ3n) is 5.00. The topological polar surface area (TPSA) is 132 Å². The van der Waals surface area contributed by atoms with Crippen LogP contribution in [0.25, 0.3) is 0 Å². The second kappa shape index (κ2) is 11.9. The molecule has 1 fully saturated rings. The highest BCUT2D eigenvalue weighted by Gasteiger charge is 2.52. The van der Waals surface area contributed by atoms with Crippen LogP contribution in [0.3, 0.4) is 0 Å². The van der Waals surface area contributed by atoms with Gasteiger partial charge in [-0.25, -0.2) is 0 Å². The van der Waals surface area contributed by atoms with Crippen LogP contribution in [-0.2, 0) is 42.9 Å². The molecule has 0 spiro atoms. The van der Waals surface area contributed by atoms with Gasteiger partial charge in [0.1, 0.15) is 18.8 Å². The van der Waals surface area contributed by atoms with Crippen molar-refractivity contribution in [2.24, 2.45) is 0 Å². The molecule has 0 aliphatic carbocycles. The van der Waals surface area contributed by atoms with Crippen molar-refractivity contribution in [3.05, 3.63) is 34.9 Å². The van der Waals surface area contributed by atoms with E-state index in [-0.39, 0.29) is 18.3 Å². The molecule has 34 heavy (non-hydrogen) atoms. The molecule has 0 saturated carbocycles. The number of rotatable bonds is 8. The number of aryl methyl sites for hydroxylation is 1. The molecule has 0 N–H and O–H groups in total. The number of carbonyl (C=O) groups is 5. The van der Waals surface area contributed by atoms with Gasteiger partial charge < -0.3 is 23.7 Å². The number of alkyl halides is 1. The maximum absolute atomic E-state index is 12.3. The maximum Gasteiger partial charge on any atom is 0.303 e. The van der Waals surface area contributed by atoms with Crippen molar-refractivity contribution < 1.29 is 47.7 Å². The van der Waals surface area contributed by atoms with E-state index in [0.717, 1.165) is 20.8 Å². The summed E-state index contributed by atoms with van der Waals surface area (Å²) in [6.45, 7) is 6.03. The van der Waals surface area contributed by atoms with Gasteiger partial charge in [-0.05, 0) is 24.1 Å².